The lowest BCUT2D eigenvalue weighted by Gasteiger charge is -1.97. The Hall–Kier alpha value is -1.75. The third-order valence-electron chi connectivity index (χ3n) is 2.05. The van der Waals surface area contributed by atoms with E-state index in [-0.39, 0.29) is 6.04 Å². The molecule has 0 unspecified atom stereocenters. The maximum Gasteiger partial charge on any atom is 0.243 e. The van der Waals surface area contributed by atoms with Crippen molar-refractivity contribution in [1.82, 2.24) is 15.1 Å². The quantitative estimate of drug-likeness (QED) is 0.801. The van der Waals surface area contributed by atoms with Gasteiger partial charge in [-0.05, 0) is 25.5 Å². The summed E-state index contributed by atoms with van der Waals surface area (Å²) in [4.78, 5) is 8.37. The summed E-state index contributed by atoms with van der Waals surface area (Å²) >= 11 is 0. The SMILES string of the molecule is Cc1cccnc1-c1noc([C@H](C)N)n1. The van der Waals surface area contributed by atoms with Crippen molar-refractivity contribution in [3.05, 3.63) is 29.8 Å². The molecule has 0 aliphatic carbocycles. The number of pyridine rings is 1. The molecule has 0 fully saturated rings. The lowest BCUT2D eigenvalue weighted by Crippen LogP contribution is -2.04. The molecule has 5 heteroatoms. The zero-order valence-electron chi connectivity index (χ0n) is 8.64. The lowest BCUT2D eigenvalue weighted by molar-refractivity contribution is 0.362. The average Bonchev–Trinajstić information content (AvgIpc) is 2.67. The first-order valence-corrected chi connectivity index (χ1v) is 4.69. The summed E-state index contributed by atoms with van der Waals surface area (Å²) in [6, 6.07) is 3.56. The van der Waals surface area contributed by atoms with Crippen molar-refractivity contribution >= 4 is 0 Å². The second-order valence-electron chi connectivity index (χ2n) is 3.41. The monoisotopic (exact) mass is 204 g/mol. The van der Waals surface area contributed by atoms with Crippen LogP contribution in [-0.4, -0.2) is 15.1 Å². The Labute approximate surface area is 87.3 Å². The number of aromatic nitrogens is 3. The summed E-state index contributed by atoms with van der Waals surface area (Å²) in [5.74, 6) is 0.912. The number of rotatable bonds is 2. The van der Waals surface area contributed by atoms with Crippen LogP contribution in [0.3, 0.4) is 0 Å². The lowest BCUT2D eigenvalue weighted by atomic mass is 10.2. The first-order chi connectivity index (χ1) is 7.18. The standard InChI is InChI=1S/C10H12N4O/c1-6-4-3-5-12-8(6)9-13-10(7(2)11)15-14-9/h3-5,7H,11H2,1-2H3/t7-/m0/s1. The highest BCUT2D eigenvalue weighted by molar-refractivity contribution is 5.53. The van der Waals surface area contributed by atoms with Gasteiger partial charge in [-0.1, -0.05) is 11.2 Å². The maximum absolute atomic E-state index is 5.63. The van der Waals surface area contributed by atoms with E-state index < -0.39 is 0 Å². The Balaban J connectivity index is 2.42. The van der Waals surface area contributed by atoms with Crippen LogP contribution in [0.2, 0.25) is 0 Å². The molecule has 0 saturated carbocycles. The molecule has 2 N–H and O–H groups in total. The molecule has 0 spiro atoms. The molecule has 0 saturated heterocycles. The van der Waals surface area contributed by atoms with Crippen LogP contribution in [0.1, 0.15) is 24.4 Å². The van der Waals surface area contributed by atoms with E-state index in [0.717, 1.165) is 11.3 Å². The highest BCUT2D eigenvalue weighted by atomic mass is 16.5. The summed E-state index contributed by atoms with van der Waals surface area (Å²) in [5.41, 5.74) is 7.37. The van der Waals surface area contributed by atoms with Gasteiger partial charge in [0.15, 0.2) is 0 Å². The van der Waals surface area contributed by atoms with Crippen molar-refractivity contribution < 1.29 is 4.52 Å². The molecule has 0 aromatic carbocycles. The molecule has 2 heterocycles. The number of nitrogens with zero attached hydrogens (tertiary/aromatic N) is 3. The Morgan fingerprint density at radius 1 is 1.47 bits per heavy atom. The minimum atomic E-state index is -0.254. The van der Waals surface area contributed by atoms with Crippen LogP contribution in [-0.2, 0) is 0 Å². The Morgan fingerprint density at radius 2 is 2.27 bits per heavy atom. The Morgan fingerprint density at radius 3 is 2.87 bits per heavy atom. The van der Waals surface area contributed by atoms with E-state index in [2.05, 4.69) is 15.1 Å². The second-order valence-corrected chi connectivity index (χ2v) is 3.41. The van der Waals surface area contributed by atoms with Gasteiger partial charge in [0.25, 0.3) is 0 Å². The number of hydrogen-bond donors (Lipinski definition) is 1. The molecule has 1 atom stereocenters. The summed E-state index contributed by atoms with van der Waals surface area (Å²) in [6.07, 6.45) is 1.70. The molecular formula is C10H12N4O. The van der Waals surface area contributed by atoms with Gasteiger partial charge in [0.2, 0.25) is 11.7 Å². The number of hydrogen-bond acceptors (Lipinski definition) is 5. The normalized spacial score (nSPS) is 12.7. The first kappa shape index (κ1) is 9.79. The zero-order valence-corrected chi connectivity index (χ0v) is 8.64. The predicted molar refractivity (Wildman–Crippen MR) is 54.9 cm³/mol. The highest BCUT2D eigenvalue weighted by Crippen LogP contribution is 2.18. The van der Waals surface area contributed by atoms with E-state index in [4.69, 9.17) is 10.3 Å². The molecule has 0 aliphatic rings. The van der Waals surface area contributed by atoms with Gasteiger partial charge in [0.1, 0.15) is 5.69 Å². The molecule has 15 heavy (non-hydrogen) atoms. The van der Waals surface area contributed by atoms with Crippen LogP contribution in [0.15, 0.2) is 22.9 Å². The highest BCUT2D eigenvalue weighted by Gasteiger charge is 2.13. The molecule has 2 aromatic rings. The Bertz CT molecular complexity index is 464. The van der Waals surface area contributed by atoms with Crippen LogP contribution in [0.25, 0.3) is 11.5 Å². The van der Waals surface area contributed by atoms with Crippen molar-refractivity contribution in [2.24, 2.45) is 5.73 Å². The van der Waals surface area contributed by atoms with Gasteiger partial charge in [0.05, 0.1) is 6.04 Å². The average molecular weight is 204 g/mol. The van der Waals surface area contributed by atoms with E-state index in [9.17, 15) is 0 Å². The second kappa shape index (κ2) is 3.78. The van der Waals surface area contributed by atoms with Crippen molar-refractivity contribution in [2.45, 2.75) is 19.9 Å². The van der Waals surface area contributed by atoms with Crippen LogP contribution < -0.4 is 5.73 Å². The predicted octanol–water partition coefficient (Wildman–Crippen LogP) is 1.46. The summed E-state index contributed by atoms with van der Waals surface area (Å²) in [6.45, 7) is 3.74. The topological polar surface area (TPSA) is 77.8 Å². The van der Waals surface area contributed by atoms with Crippen LogP contribution >= 0.6 is 0 Å². The van der Waals surface area contributed by atoms with Gasteiger partial charge in [-0.3, -0.25) is 4.98 Å². The fourth-order valence-electron chi connectivity index (χ4n) is 1.24. The van der Waals surface area contributed by atoms with E-state index in [1.807, 2.05) is 19.1 Å². The van der Waals surface area contributed by atoms with Crippen molar-refractivity contribution in [3.63, 3.8) is 0 Å². The number of nitrogens with two attached hydrogens (primary N) is 1. The van der Waals surface area contributed by atoms with Gasteiger partial charge in [0, 0.05) is 6.20 Å². The van der Waals surface area contributed by atoms with Crippen LogP contribution in [0.4, 0.5) is 0 Å². The molecular weight excluding hydrogens is 192 g/mol. The van der Waals surface area contributed by atoms with Crippen molar-refractivity contribution in [2.75, 3.05) is 0 Å². The van der Waals surface area contributed by atoms with Gasteiger partial charge in [-0.15, -0.1) is 0 Å². The fraction of sp³-hybridized carbons (Fsp3) is 0.300. The van der Waals surface area contributed by atoms with E-state index in [1.165, 1.54) is 0 Å². The third-order valence-corrected chi connectivity index (χ3v) is 2.05. The summed E-state index contributed by atoms with van der Waals surface area (Å²) < 4.78 is 5.01. The molecule has 0 bridgehead atoms. The molecule has 2 aromatic heterocycles. The molecule has 0 aliphatic heterocycles. The molecule has 5 nitrogen and oxygen atoms in total. The molecule has 0 amide bonds. The minimum Gasteiger partial charge on any atom is -0.337 e. The third kappa shape index (κ3) is 1.87. The van der Waals surface area contributed by atoms with Gasteiger partial charge >= 0.3 is 0 Å². The van der Waals surface area contributed by atoms with Crippen molar-refractivity contribution in [1.29, 1.82) is 0 Å². The van der Waals surface area contributed by atoms with E-state index >= 15 is 0 Å². The smallest absolute Gasteiger partial charge is 0.243 e. The van der Waals surface area contributed by atoms with Gasteiger partial charge < -0.3 is 10.3 Å². The minimum absolute atomic E-state index is 0.254. The van der Waals surface area contributed by atoms with E-state index in [1.54, 1.807) is 13.1 Å². The maximum atomic E-state index is 5.63. The largest absolute Gasteiger partial charge is 0.337 e. The fourth-order valence-corrected chi connectivity index (χ4v) is 1.24. The summed E-state index contributed by atoms with van der Waals surface area (Å²) in [5, 5.41) is 3.84. The molecule has 2 rings (SSSR count). The molecule has 78 valence electrons. The van der Waals surface area contributed by atoms with Crippen LogP contribution in [0.5, 0.6) is 0 Å². The van der Waals surface area contributed by atoms with Crippen LogP contribution in [0, 0.1) is 6.92 Å². The number of aryl methyl sites for hydroxylation is 1. The van der Waals surface area contributed by atoms with Gasteiger partial charge in [-0.2, -0.15) is 4.98 Å². The first-order valence-electron chi connectivity index (χ1n) is 4.69. The molecule has 0 radical (unpaired) electrons. The Kier molecular flexibility index (Phi) is 2.47. The zero-order chi connectivity index (χ0) is 10.8. The van der Waals surface area contributed by atoms with Gasteiger partial charge in [-0.25, -0.2) is 0 Å². The van der Waals surface area contributed by atoms with E-state index in [0.29, 0.717) is 11.7 Å². The van der Waals surface area contributed by atoms with Crippen molar-refractivity contribution in [3.8, 4) is 11.5 Å². The summed E-state index contributed by atoms with van der Waals surface area (Å²) in [7, 11) is 0.